The average molecular weight is 320 g/mol. The third-order valence-electron chi connectivity index (χ3n) is 3.44. The SMILES string of the molecule is [2H]c1c(C)sc2c1=C(N1C([2H])([2H])CN(C([2H])([2H])[2H])CC1([2H])[2H])Nc1ccccc1N=2. The van der Waals surface area contributed by atoms with Crippen molar-refractivity contribution in [2.75, 3.05) is 38.4 Å². The molecule has 0 amide bonds. The molecule has 1 aromatic carbocycles. The molecule has 1 saturated heterocycles. The molecular weight excluding hydrogens is 292 g/mol. The second-order valence-electron chi connectivity index (χ2n) is 5.07. The lowest BCUT2D eigenvalue weighted by Gasteiger charge is -2.35. The average Bonchev–Trinajstić information content (AvgIpc) is 2.78. The van der Waals surface area contributed by atoms with Gasteiger partial charge < -0.3 is 15.1 Å². The first-order valence-corrected chi connectivity index (χ1v) is 7.73. The number of hydrogen-bond acceptors (Lipinski definition) is 5. The van der Waals surface area contributed by atoms with Gasteiger partial charge in [0, 0.05) is 35.1 Å². The fourth-order valence-corrected chi connectivity index (χ4v) is 3.25. The van der Waals surface area contributed by atoms with Gasteiger partial charge in [-0.2, -0.15) is 0 Å². The molecule has 2 aliphatic rings. The van der Waals surface area contributed by atoms with Gasteiger partial charge in [-0.25, -0.2) is 4.99 Å². The van der Waals surface area contributed by atoms with E-state index in [1.165, 1.54) is 11.3 Å². The number of piperazine rings is 1. The predicted octanol–water partition coefficient (Wildman–Crippen LogP) is 1.75. The number of rotatable bonds is 1. The monoisotopic (exact) mass is 320 g/mol. The minimum Gasteiger partial charge on any atom is -0.355 e. The maximum atomic E-state index is 8.57. The molecule has 2 aromatic rings. The Kier molecular flexibility index (Phi) is 1.87. The first-order chi connectivity index (χ1) is 13.8. The van der Waals surface area contributed by atoms with Gasteiger partial charge >= 0.3 is 0 Å². The molecule has 3 heterocycles. The van der Waals surface area contributed by atoms with Crippen LogP contribution in [0.1, 0.15) is 15.8 Å². The van der Waals surface area contributed by atoms with E-state index in [0.717, 1.165) is 9.80 Å². The molecule has 0 aliphatic carbocycles. The molecule has 2 aliphatic heterocycles. The lowest BCUT2D eigenvalue weighted by Crippen LogP contribution is -2.47. The minimum atomic E-state index is -2.62. The zero-order valence-electron chi connectivity index (χ0n) is 20.0. The van der Waals surface area contributed by atoms with Crippen LogP contribution in [0, 0.1) is 6.92 Å². The summed E-state index contributed by atoms with van der Waals surface area (Å²) in [6.07, 6.45) is 0. The maximum Gasteiger partial charge on any atom is 0.127 e. The fraction of sp³-hybridized carbons (Fsp3) is 0.353. The molecule has 1 fully saturated rings. The van der Waals surface area contributed by atoms with E-state index in [9.17, 15) is 0 Å². The Labute approximate surface area is 145 Å². The molecule has 114 valence electrons. The van der Waals surface area contributed by atoms with Gasteiger partial charge in [-0.3, -0.25) is 0 Å². The smallest absolute Gasteiger partial charge is 0.127 e. The van der Waals surface area contributed by atoms with Crippen molar-refractivity contribution in [3.63, 3.8) is 0 Å². The maximum absolute atomic E-state index is 8.57. The van der Waals surface area contributed by atoms with Crippen LogP contribution >= 0.6 is 11.3 Å². The Morgan fingerprint density at radius 3 is 3.00 bits per heavy atom. The Hall–Kier alpha value is -1.85. The highest BCUT2D eigenvalue weighted by Crippen LogP contribution is 2.27. The molecule has 0 saturated carbocycles. The van der Waals surface area contributed by atoms with Crippen molar-refractivity contribution in [3.8, 4) is 0 Å². The van der Waals surface area contributed by atoms with Crippen molar-refractivity contribution < 1.29 is 11.0 Å². The highest BCUT2D eigenvalue weighted by molar-refractivity contribution is 7.09. The van der Waals surface area contributed by atoms with Gasteiger partial charge in [-0.15, -0.1) is 11.3 Å². The molecule has 22 heavy (non-hydrogen) atoms. The van der Waals surface area contributed by atoms with E-state index < -0.39 is 33.1 Å². The normalized spacial score (nSPS) is 28.6. The number of likely N-dealkylation sites (N-methyl/N-ethyl adjacent to an activating group) is 1. The van der Waals surface area contributed by atoms with Crippen molar-refractivity contribution in [1.82, 2.24) is 9.80 Å². The standard InChI is InChI=1S/C17H20N4S/c1-12-11-13-16(21-9-7-20(2)8-10-21)18-14-5-3-4-6-15(14)19-17(13)22-12/h3-6,11,18H,7-10H2,1-2H3/i2D3,9D2,10D2,11D. The van der Waals surface area contributed by atoms with Crippen molar-refractivity contribution in [1.29, 1.82) is 0 Å². The van der Waals surface area contributed by atoms with E-state index in [4.69, 9.17) is 11.0 Å². The van der Waals surface area contributed by atoms with Gasteiger partial charge in [0.15, 0.2) is 0 Å². The summed E-state index contributed by atoms with van der Waals surface area (Å²) in [7, 11) is 0. The van der Waals surface area contributed by atoms with E-state index in [2.05, 4.69) is 10.3 Å². The van der Waals surface area contributed by atoms with Crippen LogP contribution in [0.4, 0.5) is 11.4 Å². The largest absolute Gasteiger partial charge is 0.355 e. The van der Waals surface area contributed by atoms with Crippen molar-refractivity contribution in [2.24, 2.45) is 4.99 Å². The van der Waals surface area contributed by atoms with Gasteiger partial charge in [-0.1, -0.05) is 12.1 Å². The molecule has 4 rings (SSSR count). The third kappa shape index (κ3) is 2.40. The van der Waals surface area contributed by atoms with Gasteiger partial charge in [-0.05, 0) is 32.1 Å². The van der Waals surface area contributed by atoms with E-state index in [1.54, 1.807) is 25.1 Å². The molecule has 1 N–H and O–H groups in total. The topological polar surface area (TPSA) is 30.9 Å². The Balaban J connectivity index is 1.97. The number of nitrogens with one attached hydrogen (secondary N) is 1. The summed E-state index contributed by atoms with van der Waals surface area (Å²) in [6, 6.07) is 7.25. The van der Waals surface area contributed by atoms with Crippen LogP contribution in [0.25, 0.3) is 5.82 Å². The molecule has 0 unspecified atom stereocenters. The lowest BCUT2D eigenvalue weighted by atomic mass is 10.2. The van der Waals surface area contributed by atoms with Gasteiger partial charge in [0.05, 0.1) is 23.4 Å². The molecule has 0 bridgehead atoms. The summed E-state index contributed by atoms with van der Waals surface area (Å²) >= 11 is 1.28. The summed E-state index contributed by atoms with van der Waals surface area (Å²) in [5.74, 6) is 0.0771. The van der Waals surface area contributed by atoms with Gasteiger partial charge in [0.1, 0.15) is 10.5 Å². The molecule has 0 spiro atoms. The number of para-hydroxylation sites is 2. The van der Waals surface area contributed by atoms with Crippen LogP contribution in [0.5, 0.6) is 0 Å². The third-order valence-corrected chi connectivity index (χ3v) is 4.34. The van der Waals surface area contributed by atoms with Crippen molar-refractivity contribution >= 4 is 28.5 Å². The summed E-state index contributed by atoms with van der Waals surface area (Å²) in [6.45, 7) is -6.62. The Morgan fingerprint density at radius 2 is 2.18 bits per heavy atom. The summed E-state index contributed by atoms with van der Waals surface area (Å²) in [4.78, 5) is 7.06. The Morgan fingerprint density at radius 1 is 1.36 bits per heavy atom. The predicted molar refractivity (Wildman–Crippen MR) is 92.0 cm³/mol. The second kappa shape index (κ2) is 5.41. The summed E-state index contributed by atoms with van der Waals surface area (Å²) in [5.41, 5.74) is 1.15. The van der Waals surface area contributed by atoms with Crippen LogP contribution in [0.2, 0.25) is 0 Å². The highest BCUT2D eigenvalue weighted by atomic mass is 32.1. The number of anilines is 1. The van der Waals surface area contributed by atoms with Crippen LogP contribution in [0.15, 0.2) is 35.3 Å². The summed E-state index contributed by atoms with van der Waals surface area (Å²) < 4.78 is 66.1. The van der Waals surface area contributed by atoms with Gasteiger partial charge in [0.2, 0.25) is 0 Å². The van der Waals surface area contributed by atoms with Gasteiger partial charge in [0.25, 0.3) is 0 Å². The number of hydrogen-bond donors (Lipinski definition) is 1. The number of fused-ring (bicyclic) bond motifs is 2. The van der Waals surface area contributed by atoms with E-state index >= 15 is 0 Å². The van der Waals surface area contributed by atoms with Crippen LogP contribution in [-0.2, 0) is 0 Å². The lowest BCUT2D eigenvalue weighted by molar-refractivity contribution is 0.206. The van der Waals surface area contributed by atoms with Crippen LogP contribution < -0.4 is 15.2 Å². The van der Waals surface area contributed by atoms with Crippen molar-refractivity contribution in [2.45, 2.75) is 6.92 Å². The molecule has 1 aromatic heterocycles. The molecule has 0 atom stereocenters. The second-order valence-corrected chi connectivity index (χ2v) is 6.28. The van der Waals surface area contributed by atoms with Crippen molar-refractivity contribution in [3.05, 3.63) is 45.1 Å². The van der Waals surface area contributed by atoms with E-state index in [-0.39, 0.29) is 11.9 Å². The number of aryl methyl sites for hydroxylation is 1. The zero-order valence-corrected chi connectivity index (χ0v) is 12.8. The first kappa shape index (κ1) is 7.62. The zero-order chi connectivity index (χ0) is 22.1. The number of thiophene rings is 1. The molecule has 0 radical (unpaired) electrons. The van der Waals surface area contributed by atoms with Crippen LogP contribution in [0.3, 0.4) is 0 Å². The van der Waals surface area contributed by atoms with E-state index in [1.807, 2.05) is 6.07 Å². The molecule has 4 nitrogen and oxygen atoms in total. The molecular formula is C17H20N4S. The molecule has 5 heteroatoms. The minimum absolute atomic E-state index is 0.0771. The first-order valence-electron chi connectivity index (χ1n) is 10.9. The highest BCUT2D eigenvalue weighted by Gasteiger charge is 2.20. The Bertz CT molecular complexity index is 1110. The number of benzene rings is 1. The van der Waals surface area contributed by atoms with E-state index in [0.29, 0.717) is 26.1 Å². The fourth-order valence-electron chi connectivity index (χ4n) is 2.42. The quantitative estimate of drug-likeness (QED) is 0.868. The van der Waals surface area contributed by atoms with Crippen LogP contribution in [-0.4, -0.2) is 42.9 Å². The summed E-state index contributed by atoms with van der Waals surface area (Å²) in [5, 5.41) is 3.41. The number of nitrogens with zero attached hydrogens (tertiary/aromatic N) is 3.